The average Bonchev–Trinajstić information content (AvgIpc) is 3.60. The van der Waals surface area contributed by atoms with Crippen molar-refractivity contribution in [1.82, 2.24) is 40.7 Å². The van der Waals surface area contributed by atoms with Gasteiger partial charge < -0.3 is 10.1 Å². The number of nitrogens with one attached hydrogen (secondary N) is 2. The number of halogens is 2. The molecule has 1 aliphatic heterocycles. The van der Waals surface area contributed by atoms with Crippen LogP contribution in [0.15, 0.2) is 49.1 Å². The molecule has 4 aromatic rings. The van der Waals surface area contributed by atoms with E-state index in [2.05, 4.69) is 36.0 Å². The van der Waals surface area contributed by atoms with Crippen LogP contribution in [-0.4, -0.2) is 54.1 Å². The van der Waals surface area contributed by atoms with Crippen molar-refractivity contribution in [2.75, 3.05) is 11.4 Å². The quantitative estimate of drug-likeness (QED) is 0.403. The van der Waals surface area contributed by atoms with Crippen molar-refractivity contribution >= 4 is 11.8 Å². The van der Waals surface area contributed by atoms with Gasteiger partial charge in [-0.05, 0) is 18.2 Å². The van der Waals surface area contributed by atoms with E-state index in [-0.39, 0.29) is 24.3 Å². The summed E-state index contributed by atoms with van der Waals surface area (Å²) in [6.07, 6.45) is 4.90. The van der Waals surface area contributed by atoms with Crippen molar-refractivity contribution in [3.05, 3.63) is 72.1 Å². The summed E-state index contributed by atoms with van der Waals surface area (Å²) in [5.74, 6) is -2.20. The lowest BCUT2D eigenvalue weighted by molar-refractivity contribution is 0.129. The summed E-state index contributed by atoms with van der Waals surface area (Å²) in [7, 11) is 0. The molecule has 1 atom stereocenters. The predicted octanol–water partition coefficient (Wildman–Crippen LogP) is 2.05. The molecule has 4 heterocycles. The number of rotatable bonds is 8. The number of aromatic amines is 1. The molecule has 2 N–H and O–H groups in total. The highest BCUT2D eigenvalue weighted by Gasteiger charge is 2.35. The van der Waals surface area contributed by atoms with Gasteiger partial charge in [-0.1, -0.05) is 11.3 Å². The van der Waals surface area contributed by atoms with Gasteiger partial charge in [0.05, 0.1) is 42.6 Å². The maximum atomic E-state index is 15.0. The molecule has 0 spiro atoms. The summed E-state index contributed by atoms with van der Waals surface area (Å²) in [6.45, 7) is 1.30. The zero-order valence-electron chi connectivity index (χ0n) is 17.7. The highest BCUT2D eigenvalue weighted by Crippen LogP contribution is 2.32. The predicted molar refractivity (Wildman–Crippen MR) is 114 cm³/mol. The van der Waals surface area contributed by atoms with E-state index in [1.807, 2.05) is 0 Å². The van der Waals surface area contributed by atoms with Crippen molar-refractivity contribution in [2.45, 2.75) is 25.7 Å². The van der Waals surface area contributed by atoms with Gasteiger partial charge >= 0.3 is 6.09 Å². The number of H-pyrrole nitrogens is 1. The van der Waals surface area contributed by atoms with Crippen LogP contribution in [0.25, 0.3) is 11.1 Å². The SMILES string of the molecule is O=C1OC(Cn2ccnn2)CN1c1ccc(-c2ccc(CNCc3cn[nH]n3)nc2)c(F)c1F. The van der Waals surface area contributed by atoms with Crippen LogP contribution in [0.3, 0.4) is 0 Å². The third-order valence-corrected chi connectivity index (χ3v) is 5.30. The maximum Gasteiger partial charge on any atom is 0.414 e. The smallest absolute Gasteiger partial charge is 0.414 e. The highest BCUT2D eigenvalue weighted by atomic mass is 19.2. The van der Waals surface area contributed by atoms with E-state index in [9.17, 15) is 13.6 Å². The highest BCUT2D eigenvalue weighted by molar-refractivity contribution is 5.90. The van der Waals surface area contributed by atoms with E-state index in [0.717, 1.165) is 16.3 Å². The minimum Gasteiger partial charge on any atom is -0.442 e. The summed E-state index contributed by atoms with van der Waals surface area (Å²) in [6, 6.07) is 6.17. The fourth-order valence-corrected chi connectivity index (χ4v) is 3.64. The van der Waals surface area contributed by atoms with Gasteiger partial charge in [-0.25, -0.2) is 18.3 Å². The molecule has 3 aromatic heterocycles. The number of nitrogens with zero attached hydrogens (tertiary/aromatic N) is 7. The van der Waals surface area contributed by atoms with Crippen LogP contribution < -0.4 is 10.2 Å². The second kappa shape index (κ2) is 9.31. The lowest BCUT2D eigenvalue weighted by Gasteiger charge is -2.16. The number of cyclic esters (lactones) is 1. The molecule has 174 valence electrons. The Morgan fingerprint density at radius 3 is 2.74 bits per heavy atom. The zero-order valence-corrected chi connectivity index (χ0v) is 17.7. The normalized spacial score (nSPS) is 15.6. The van der Waals surface area contributed by atoms with Crippen LogP contribution in [0.5, 0.6) is 0 Å². The maximum absolute atomic E-state index is 15.0. The van der Waals surface area contributed by atoms with E-state index in [0.29, 0.717) is 18.7 Å². The van der Waals surface area contributed by atoms with Crippen LogP contribution in [0, 0.1) is 11.6 Å². The van der Waals surface area contributed by atoms with E-state index in [1.54, 1.807) is 24.5 Å². The van der Waals surface area contributed by atoms with Gasteiger partial charge in [-0.3, -0.25) is 9.88 Å². The zero-order chi connectivity index (χ0) is 23.5. The molecule has 1 saturated heterocycles. The van der Waals surface area contributed by atoms with Gasteiger partial charge in [-0.2, -0.15) is 15.4 Å². The Labute approximate surface area is 191 Å². The van der Waals surface area contributed by atoms with Crippen LogP contribution in [0.1, 0.15) is 11.4 Å². The number of hydrogen-bond donors (Lipinski definition) is 2. The number of aromatic nitrogens is 7. The van der Waals surface area contributed by atoms with Crippen molar-refractivity contribution in [3.8, 4) is 11.1 Å². The number of benzene rings is 1. The van der Waals surface area contributed by atoms with Crippen LogP contribution in [0.4, 0.5) is 19.3 Å². The number of hydrogen-bond acceptors (Lipinski definition) is 8. The molecule has 0 aliphatic carbocycles. The summed E-state index contributed by atoms with van der Waals surface area (Å²) in [5, 5.41) is 20.9. The molecule has 1 aromatic carbocycles. The van der Waals surface area contributed by atoms with Crippen molar-refractivity contribution in [2.24, 2.45) is 0 Å². The first-order valence-corrected chi connectivity index (χ1v) is 10.4. The number of carbonyl (C=O) groups excluding carboxylic acids is 1. The van der Waals surface area contributed by atoms with Gasteiger partial charge in [0.1, 0.15) is 6.10 Å². The van der Waals surface area contributed by atoms with Crippen LogP contribution >= 0.6 is 0 Å². The molecule has 0 saturated carbocycles. The molecule has 5 rings (SSSR count). The van der Waals surface area contributed by atoms with Crippen molar-refractivity contribution in [3.63, 3.8) is 0 Å². The van der Waals surface area contributed by atoms with Crippen LogP contribution in [0.2, 0.25) is 0 Å². The van der Waals surface area contributed by atoms with E-state index in [4.69, 9.17) is 4.74 Å². The minimum absolute atomic E-state index is 0.0441. The van der Waals surface area contributed by atoms with Gasteiger partial charge in [0.15, 0.2) is 11.6 Å². The van der Waals surface area contributed by atoms with Gasteiger partial charge in [0.25, 0.3) is 0 Å². The molecule has 1 aliphatic rings. The monoisotopic (exact) mass is 467 g/mol. The number of pyridine rings is 1. The minimum atomic E-state index is -1.13. The fraction of sp³-hybridized carbons (Fsp3) is 0.238. The summed E-state index contributed by atoms with van der Waals surface area (Å²) in [5.41, 5.74) is 1.76. The summed E-state index contributed by atoms with van der Waals surface area (Å²) >= 11 is 0. The number of ether oxygens (including phenoxy) is 1. The van der Waals surface area contributed by atoms with E-state index >= 15 is 0 Å². The molecule has 13 heteroatoms. The number of carbonyl (C=O) groups is 1. The Morgan fingerprint density at radius 1 is 1.12 bits per heavy atom. The largest absolute Gasteiger partial charge is 0.442 e. The Morgan fingerprint density at radius 2 is 2.00 bits per heavy atom. The third kappa shape index (κ3) is 4.45. The third-order valence-electron chi connectivity index (χ3n) is 5.30. The van der Waals surface area contributed by atoms with Crippen molar-refractivity contribution in [1.29, 1.82) is 0 Å². The second-order valence-corrected chi connectivity index (χ2v) is 7.60. The Bertz CT molecular complexity index is 1260. The van der Waals surface area contributed by atoms with E-state index < -0.39 is 23.8 Å². The second-order valence-electron chi connectivity index (χ2n) is 7.60. The first-order chi connectivity index (χ1) is 16.6. The van der Waals surface area contributed by atoms with Crippen molar-refractivity contribution < 1.29 is 18.3 Å². The molecule has 0 radical (unpaired) electrons. The molecule has 1 amide bonds. The summed E-state index contributed by atoms with van der Waals surface area (Å²) < 4.78 is 36.7. The fourth-order valence-electron chi connectivity index (χ4n) is 3.64. The number of anilines is 1. The van der Waals surface area contributed by atoms with Gasteiger partial charge in [-0.15, -0.1) is 5.10 Å². The summed E-state index contributed by atoms with van der Waals surface area (Å²) in [4.78, 5) is 17.7. The molecular formula is C21H19F2N9O2. The molecule has 11 nitrogen and oxygen atoms in total. The molecule has 34 heavy (non-hydrogen) atoms. The van der Waals surface area contributed by atoms with Gasteiger partial charge in [0, 0.05) is 36.6 Å². The standard InChI is InChI=1S/C21H19F2N9O2/c22-19-17(13-1-2-14(25-7-13)8-24-9-15-10-27-29-28-15)3-4-18(20(19)23)32-12-16(34-21(32)33)11-31-6-5-26-30-31/h1-7,10,16,24H,8-9,11-12H2,(H,27,28,29). The van der Waals surface area contributed by atoms with Gasteiger partial charge in [0.2, 0.25) is 0 Å². The molecular weight excluding hydrogens is 448 g/mol. The molecule has 0 bridgehead atoms. The Kier molecular flexibility index (Phi) is 5.91. The molecule has 1 unspecified atom stereocenters. The average molecular weight is 467 g/mol. The van der Waals surface area contributed by atoms with E-state index in [1.165, 1.54) is 29.2 Å². The lowest BCUT2D eigenvalue weighted by Crippen LogP contribution is -2.27. The Hall–Kier alpha value is -4.26. The van der Waals surface area contributed by atoms with Crippen LogP contribution in [-0.2, 0) is 24.4 Å². The first-order valence-electron chi connectivity index (χ1n) is 10.4. The first kappa shape index (κ1) is 21.6. The lowest BCUT2D eigenvalue weighted by atomic mass is 10.1. The number of amides is 1. The molecule has 1 fully saturated rings. The topological polar surface area (TPSA) is 127 Å². The Balaban J connectivity index is 1.27.